The molecule has 3 atom stereocenters. The Morgan fingerprint density at radius 2 is 2.29 bits per heavy atom. The molecule has 0 aromatic heterocycles. The molecule has 3 N–H and O–H groups in total. The van der Waals surface area contributed by atoms with Crippen molar-refractivity contribution >= 4 is 5.91 Å². The standard InChI is InChI=1S/C11H22N2O/c1-3-5-9(12)11(14)13-10-7-4-6-8(10)2/h8-10H,3-7,12H2,1-2H3,(H,13,14). The van der Waals surface area contributed by atoms with E-state index in [9.17, 15) is 4.79 Å². The lowest BCUT2D eigenvalue weighted by Gasteiger charge is -2.19. The van der Waals surface area contributed by atoms with Crippen LogP contribution in [0.3, 0.4) is 0 Å². The minimum Gasteiger partial charge on any atom is -0.352 e. The monoisotopic (exact) mass is 198 g/mol. The molecule has 0 aromatic rings. The van der Waals surface area contributed by atoms with Crippen LogP contribution < -0.4 is 11.1 Å². The number of carbonyl (C=O) groups is 1. The van der Waals surface area contributed by atoms with Gasteiger partial charge in [0, 0.05) is 6.04 Å². The van der Waals surface area contributed by atoms with Crippen molar-refractivity contribution in [3.05, 3.63) is 0 Å². The summed E-state index contributed by atoms with van der Waals surface area (Å²) >= 11 is 0. The van der Waals surface area contributed by atoms with Gasteiger partial charge in [-0.25, -0.2) is 0 Å². The van der Waals surface area contributed by atoms with E-state index in [4.69, 9.17) is 5.73 Å². The number of hydrogen-bond acceptors (Lipinski definition) is 2. The highest BCUT2D eigenvalue weighted by Gasteiger charge is 2.26. The molecule has 1 aliphatic carbocycles. The highest BCUT2D eigenvalue weighted by Crippen LogP contribution is 2.24. The van der Waals surface area contributed by atoms with Gasteiger partial charge in [0.15, 0.2) is 0 Å². The summed E-state index contributed by atoms with van der Waals surface area (Å²) in [5.41, 5.74) is 5.74. The summed E-state index contributed by atoms with van der Waals surface area (Å²) in [6, 6.07) is 0.0539. The van der Waals surface area contributed by atoms with Crippen LogP contribution in [0.5, 0.6) is 0 Å². The van der Waals surface area contributed by atoms with E-state index in [1.165, 1.54) is 12.8 Å². The van der Waals surface area contributed by atoms with Gasteiger partial charge in [0.25, 0.3) is 0 Å². The molecule has 0 radical (unpaired) electrons. The fourth-order valence-electron chi connectivity index (χ4n) is 2.09. The Morgan fingerprint density at radius 1 is 1.57 bits per heavy atom. The molecule has 1 fully saturated rings. The fraction of sp³-hybridized carbons (Fsp3) is 0.909. The first-order chi connectivity index (χ1) is 6.65. The summed E-state index contributed by atoms with van der Waals surface area (Å²) in [6.45, 7) is 4.24. The molecule has 1 rings (SSSR count). The van der Waals surface area contributed by atoms with Crippen LogP contribution in [0.4, 0.5) is 0 Å². The van der Waals surface area contributed by atoms with E-state index in [0.29, 0.717) is 12.0 Å². The molecule has 3 nitrogen and oxygen atoms in total. The second-order valence-corrected chi connectivity index (χ2v) is 4.42. The molecule has 0 spiro atoms. The van der Waals surface area contributed by atoms with E-state index in [1.807, 2.05) is 6.92 Å². The first kappa shape index (κ1) is 11.5. The molecule has 0 aromatic carbocycles. The molecule has 82 valence electrons. The van der Waals surface area contributed by atoms with E-state index in [-0.39, 0.29) is 11.9 Å². The summed E-state index contributed by atoms with van der Waals surface area (Å²) in [5.74, 6) is 0.651. The molecule has 1 aliphatic rings. The molecule has 0 saturated heterocycles. The quantitative estimate of drug-likeness (QED) is 0.717. The molecule has 3 unspecified atom stereocenters. The summed E-state index contributed by atoms with van der Waals surface area (Å²) in [6.07, 6.45) is 5.33. The van der Waals surface area contributed by atoms with Crippen molar-refractivity contribution in [2.45, 2.75) is 58.0 Å². The van der Waals surface area contributed by atoms with E-state index in [2.05, 4.69) is 12.2 Å². The van der Waals surface area contributed by atoms with E-state index in [0.717, 1.165) is 19.3 Å². The minimum atomic E-state index is -0.312. The summed E-state index contributed by atoms with van der Waals surface area (Å²) in [4.78, 5) is 11.6. The summed E-state index contributed by atoms with van der Waals surface area (Å²) in [7, 11) is 0. The van der Waals surface area contributed by atoms with Crippen LogP contribution in [0.2, 0.25) is 0 Å². The average molecular weight is 198 g/mol. The Bertz CT molecular complexity index is 194. The third-order valence-corrected chi connectivity index (χ3v) is 3.13. The van der Waals surface area contributed by atoms with Crippen molar-refractivity contribution in [2.24, 2.45) is 11.7 Å². The van der Waals surface area contributed by atoms with Crippen molar-refractivity contribution in [1.29, 1.82) is 0 Å². The van der Waals surface area contributed by atoms with Gasteiger partial charge in [-0.05, 0) is 25.2 Å². The number of amides is 1. The number of hydrogen-bond donors (Lipinski definition) is 2. The molecular weight excluding hydrogens is 176 g/mol. The van der Waals surface area contributed by atoms with E-state index >= 15 is 0 Å². The summed E-state index contributed by atoms with van der Waals surface area (Å²) < 4.78 is 0. The normalized spacial score (nSPS) is 28.8. The van der Waals surface area contributed by atoms with Crippen LogP contribution in [0.25, 0.3) is 0 Å². The maximum atomic E-state index is 11.6. The molecule has 1 saturated carbocycles. The molecular formula is C11H22N2O. The molecule has 0 bridgehead atoms. The number of rotatable bonds is 4. The highest BCUT2D eigenvalue weighted by atomic mass is 16.2. The Balaban J connectivity index is 2.32. The lowest BCUT2D eigenvalue weighted by atomic mass is 10.1. The zero-order valence-electron chi connectivity index (χ0n) is 9.25. The van der Waals surface area contributed by atoms with E-state index < -0.39 is 0 Å². The van der Waals surface area contributed by atoms with Crippen LogP contribution in [0.15, 0.2) is 0 Å². The smallest absolute Gasteiger partial charge is 0.237 e. The van der Waals surface area contributed by atoms with Crippen LogP contribution in [-0.4, -0.2) is 18.0 Å². The minimum absolute atomic E-state index is 0.0330. The Morgan fingerprint density at radius 3 is 2.79 bits per heavy atom. The molecule has 3 heteroatoms. The molecule has 1 amide bonds. The molecule has 14 heavy (non-hydrogen) atoms. The first-order valence-electron chi connectivity index (χ1n) is 5.71. The Hall–Kier alpha value is -0.570. The van der Waals surface area contributed by atoms with Crippen molar-refractivity contribution in [1.82, 2.24) is 5.32 Å². The second-order valence-electron chi connectivity index (χ2n) is 4.42. The predicted molar refractivity (Wildman–Crippen MR) is 57.8 cm³/mol. The zero-order valence-corrected chi connectivity index (χ0v) is 9.25. The van der Waals surface area contributed by atoms with Gasteiger partial charge in [-0.15, -0.1) is 0 Å². The van der Waals surface area contributed by atoms with Gasteiger partial charge in [0.05, 0.1) is 6.04 Å². The first-order valence-corrected chi connectivity index (χ1v) is 5.71. The highest BCUT2D eigenvalue weighted by molar-refractivity contribution is 5.81. The predicted octanol–water partition coefficient (Wildman–Crippen LogP) is 1.42. The lowest BCUT2D eigenvalue weighted by Crippen LogP contribution is -2.46. The van der Waals surface area contributed by atoms with Gasteiger partial charge in [0.1, 0.15) is 0 Å². The zero-order chi connectivity index (χ0) is 10.6. The number of nitrogens with two attached hydrogens (primary N) is 1. The maximum absolute atomic E-state index is 11.6. The van der Waals surface area contributed by atoms with Crippen molar-refractivity contribution in [2.75, 3.05) is 0 Å². The fourth-order valence-corrected chi connectivity index (χ4v) is 2.09. The van der Waals surface area contributed by atoms with Gasteiger partial charge in [-0.1, -0.05) is 26.7 Å². The number of nitrogens with one attached hydrogen (secondary N) is 1. The van der Waals surface area contributed by atoms with Gasteiger partial charge in [-0.3, -0.25) is 4.79 Å². The van der Waals surface area contributed by atoms with Crippen LogP contribution in [0, 0.1) is 5.92 Å². The van der Waals surface area contributed by atoms with Gasteiger partial charge >= 0.3 is 0 Å². The van der Waals surface area contributed by atoms with Crippen molar-refractivity contribution < 1.29 is 4.79 Å². The van der Waals surface area contributed by atoms with Crippen molar-refractivity contribution in [3.63, 3.8) is 0 Å². The van der Waals surface area contributed by atoms with Gasteiger partial charge < -0.3 is 11.1 Å². The van der Waals surface area contributed by atoms with Gasteiger partial charge in [-0.2, -0.15) is 0 Å². The average Bonchev–Trinajstić information content (AvgIpc) is 2.52. The SMILES string of the molecule is CCCC(N)C(=O)NC1CCCC1C. The van der Waals surface area contributed by atoms with Crippen molar-refractivity contribution in [3.8, 4) is 0 Å². The molecule has 0 aliphatic heterocycles. The van der Waals surface area contributed by atoms with Crippen LogP contribution in [-0.2, 0) is 4.79 Å². The Kier molecular flexibility index (Phi) is 4.39. The van der Waals surface area contributed by atoms with Crippen LogP contribution >= 0.6 is 0 Å². The molecule has 0 heterocycles. The third-order valence-electron chi connectivity index (χ3n) is 3.13. The number of carbonyl (C=O) groups excluding carboxylic acids is 1. The van der Waals surface area contributed by atoms with E-state index in [1.54, 1.807) is 0 Å². The third kappa shape index (κ3) is 2.98. The lowest BCUT2D eigenvalue weighted by molar-refractivity contribution is -0.123. The maximum Gasteiger partial charge on any atom is 0.237 e. The topological polar surface area (TPSA) is 55.1 Å². The summed E-state index contributed by atoms with van der Waals surface area (Å²) in [5, 5.41) is 3.05. The van der Waals surface area contributed by atoms with Crippen LogP contribution in [0.1, 0.15) is 46.0 Å². The van der Waals surface area contributed by atoms with Gasteiger partial charge in [0.2, 0.25) is 5.91 Å². The largest absolute Gasteiger partial charge is 0.352 e. The second kappa shape index (κ2) is 5.35. The Labute approximate surface area is 86.4 Å².